The van der Waals surface area contributed by atoms with Gasteiger partial charge in [0.2, 0.25) is 0 Å². The number of hydrogen-bond donors (Lipinski definition) is 1. The number of benzene rings is 1. The second-order valence-electron chi connectivity index (χ2n) is 4.33. The molecule has 15 heavy (non-hydrogen) atoms. The summed E-state index contributed by atoms with van der Waals surface area (Å²) in [5, 5.41) is 9.45. The van der Waals surface area contributed by atoms with Crippen LogP contribution in [0.25, 0.3) is 0 Å². The molecular formula is C13H19NO. The van der Waals surface area contributed by atoms with Crippen molar-refractivity contribution in [3.8, 4) is 5.75 Å². The van der Waals surface area contributed by atoms with E-state index >= 15 is 0 Å². The minimum Gasteiger partial charge on any atom is -0.508 e. The maximum atomic E-state index is 9.45. The minimum atomic E-state index is 0.390. The molecule has 1 heterocycles. The maximum absolute atomic E-state index is 9.45. The van der Waals surface area contributed by atoms with Crippen LogP contribution in [0.1, 0.15) is 31.2 Å². The Kier molecular flexibility index (Phi) is 3.27. The van der Waals surface area contributed by atoms with Crippen molar-refractivity contribution < 1.29 is 5.11 Å². The van der Waals surface area contributed by atoms with E-state index in [0.717, 1.165) is 13.1 Å². The summed E-state index contributed by atoms with van der Waals surface area (Å²) in [5.74, 6) is 0.993. The van der Waals surface area contributed by atoms with Crippen molar-refractivity contribution in [2.45, 2.75) is 25.7 Å². The molecule has 1 saturated heterocycles. The first-order valence-corrected chi connectivity index (χ1v) is 5.81. The fourth-order valence-corrected chi connectivity index (χ4v) is 2.39. The number of nitrogens with zero attached hydrogens (tertiary/aromatic N) is 1. The molecule has 0 bridgehead atoms. The molecule has 1 aliphatic heterocycles. The molecule has 1 aromatic carbocycles. The standard InChI is InChI=1S/C13H19NO/c1-2-14-8-4-6-12(10-14)11-5-3-7-13(15)9-11/h3,5,7,9,12,15H,2,4,6,8,10H2,1H3/t12-/m1/s1. The first-order valence-electron chi connectivity index (χ1n) is 5.81. The molecule has 1 fully saturated rings. The van der Waals surface area contributed by atoms with Gasteiger partial charge in [-0.3, -0.25) is 0 Å². The molecule has 0 spiro atoms. The fourth-order valence-electron chi connectivity index (χ4n) is 2.39. The van der Waals surface area contributed by atoms with Crippen LogP contribution in [0.2, 0.25) is 0 Å². The van der Waals surface area contributed by atoms with E-state index in [-0.39, 0.29) is 0 Å². The van der Waals surface area contributed by atoms with Gasteiger partial charge in [0.05, 0.1) is 0 Å². The second kappa shape index (κ2) is 4.67. The molecule has 2 nitrogen and oxygen atoms in total. The Hall–Kier alpha value is -1.02. The van der Waals surface area contributed by atoms with Gasteiger partial charge in [-0.25, -0.2) is 0 Å². The van der Waals surface area contributed by atoms with Crippen LogP contribution in [0, 0.1) is 0 Å². The van der Waals surface area contributed by atoms with E-state index in [1.807, 2.05) is 12.1 Å². The molecule has 1 N–H and O–H groups in total. The largest absolute Gasteiger partial charge is 0.508 e. The minimum absolute atomic E-state index is 0.390. The molecule has 2 heteroatoms. The van der Waals surface area contributed by atoms with Gasteiger partial charge in [0.1, 0.15) is 5.75 Å². The number of piperidine rings is 1. The quantitative estimate of drug-likeness (QED) is 0.802. The summed E-state index contributed by atoms with van der Waals surface area (Å²) in [7, 11) is 0. The highest BCUT2D eigenvalue weighted by atomic mass is 16.3. The molecule has 0 radical (unpaired) electrons. The fraction of sp³-hybridized carbons (Fsp3) is 0.538. The zero-order chi connectivity index (χ0) is 10.7. The van der Waals surface area contributed by atoms with Crippen LogP contribution in [0.5, 0.6) is 5.75 Å². The van der Waals surface area contributed by atoms with Gasteiger partial charge < -0.3 is 10.0 Å². The number of likely N-dealkylation sites (tertiary alicyclic amines) is 1. The van der Waals surface area contributed by atoms with Crippen LogP contribution in [0.3, 0.4) is 0 Å². The highest BCUT2D eigenvalue weighted by molar-refractivity contribution is 5.30. The van der Waals surface area contributed by atoms with E-state index in [1.165, 1.54) is 24.9 Å². The van der Waals surface area contributed by atoms with Crippen LogP contribution < -0.4 is 0 Å². The van der Waals surface area contributed by atoms with Gasteiger partial charge in [0.25, 0.3) is 0 Å². The number of phenolic OH excluding ortho intramolecular Hbond substituents is 1. The van der Waals surface area contributed by atoms with Crippen LogP contribution >= 0.6 is 0 Å². The van der Waals surface area contributed by atoms with E-state index in [4.69, 9.17) is 0 Å². The first kappa shape index (κ1) is 10.5. The number of aromatic hydroxyl groups is 1. The lowest BCUT2D eigenvalue weighted by Gasteiger charge is -2.32. The lowest BCUT2D eigenvalue weighted by atomic mass is 9.90. The smallest absolute Gasteiger partial charge is 0.115 e. The molecule has 2 rings (SSSR count). The maximum Gasteiger partial charge on any atom is 0.115 e. The molecule has 1 atom stereocenters. The van der Waals surface area contributed by atoms with E-state index in [2.05, 4.69) is 17.9 Å². The van der Waals surface area contributed by atoms with Crippen molar-refractivity contribution in [2.75, 3.05) is 19.6 Å². The number of hydrogen-bond acceptors (Lipinski definition) is 2. The predicted molar refractivity (Wildman–Crippen MR) is 62.2 cm³/mol. The van der Waals surface area contributed by atoms with E-state index < -0.39 is 0 Å². The SMILES string of the molecule is CCN1CCC[C@@H](c2cccc(O)c2)C1. The second-order valence-corrected chi connectivity index (χ2v) is 4.33. The van der Waals surface area contributed by atoms with Crippen molar-refractivity contribution in [3.05, 3.63) is 29.8 Å². The Bertz CT molecular complexity index is 324. The molecular weight excluding hydrogens is 186 g/mol. The third kappa shape index (κ3) is 2.51. The topological polar surface area (TPSA) is 23.5 Å². The van der Waals surface area contributed by atoms with Crippen molar-refractivity contribution in [1.82, 2.24) is 4.90 Å². The van der Waals surface area contributed by atoms with Gasteiger partial charge in [-0.2, -0.15) is 0 Å². The Balaban J connectivity index is 2.09. The molecule has 0 saturated carbocycles. The molecule has 0 aromatic heterocycles. The highest BCUT2D eigenvalue weighted by Gasteiger charge is 2.20. The summed E-state index contributed by atoms with van der Waals surface area (Å²) in [6.07, 6.45) is 2.52. The molecule has 1 aromatic rings. The van der Waals surface area contributed by atoms with Crippen LogP contribution in [-0.4, -0.2) is 29.6 Å². The van der Waals surface area contributed by atoms with Gasteiger partial charge in [0, 0.05) is 6.54 Å². The first-order chi connectivity index (χ1) is 7.29. The highest BCUT2D eigenvalue weighted by Crippen LogP contribution is 2.28. The van der Waals surface area contributed by atoms with Gasteiger partial charge in [0.15, 0.2) is 0 Å². The van der Waals surface area contributed by atoms with Gasteiger partial charge >= 0.3 is 0 Å². The molecule has 0 unspecified atom stereocenters. The third-order valence-electron chi connectivity index (χ3n) is 3.29. The van der Waals surface area contributed by atoms with Crippen molar-refractivity contribution in [1.29, 1.82) is 0 Å². The summed E-state index contributed by atoms with van der Waals surface area (Å²) in [4.78, 5) is 2.48. The average Bonchev–Trinajstić information content (AvgIpc) is 2.29. The normalized spacial score (nSPS) is 22.9. The molecule has 0 aliphatic carbocycles. The summed E-state index contributed by atoms with van der Waals surface area (Å²) >= 11 is 0. The van der Waals surface area contributed by atoms with Crippen LogP contribution in [-0.2, 0) is 0 Å². The zero-order valence-electron chi connectivity index (χ0n) is 9.32. The number of rotatable bonds is 2. The predicted octanol–water partition coefficient (Wildman–Crippen LogP) is 2.59. The van der Waals surface area contributed by atoms with E-state index in [9.17, 15) is 5.11 Å². The molecule has 82 valence electrons. The summed E-state index contributed by atoms with van der Waals surface area (Å²) < 4.78 is 0. The van der Waals surface area contributed by atoms with Crippen LogP contribution in [0.4, 0.5) is 0 Å². The lowest BCUT2D eigenvalue weighted by Crippen LogP contribution is -2.34. The van der Waals surface area contributed by atoms with E-state index in [0.29, 0.717) is 11.7 Å². The Morgan fingerprint density at radius 1 is 1.47 bits per heavy atom. The van der Waals surface area contributed by atoms with Crippen molar-refractivity contribution in [3.63, 3.8) is 0 Å². The van der Waals surface area contributed by atoms with E-state index in [1.54, 1.807) is 6.07 Å². The van der Waals surface area contributed by atoms with Crippen LogP contribution in [0.15, 0.2) is 24.3 Å². The zero-order valence-corrected chi connectivity index (χ0v) is 9.32. The summed E-state index contributed by atoms with van der Waals surface area (Å²) in [6, 6.07) is 7.72. The van der Waals surface area contributed by atoms with Gasteiger partial charge in [-0.1, -0.05) is 19.1 Å². The molecule has 1 aliphatic rings. The molecule has 0 amide bonds. The number of likely N-dealkylation sites (N-methyl/N-ethyl adjacent to an activating group) is 1. The summed E-state index contributed by atoms with van der Waals surface area (Å²) in [5.41, 5.74) is 1.29. The van der Waals surface area contributed by atoms with Crippen molar-refractivity contribution >= 4 is 0 Å². The number of phenols is 1. The Morgan fingerprint density at radius 2 is 2.33 bits per heavy atom. The average molecular weight is 205 g/mol. The van der Waals surface area contributed by atoms with Crippen molar-refractivity contribution in [2.24, 2.45) is 0 Å². The lowest BCUT2D eigenvalue weighted by molar-refractivity contribution is 0.218. The Labute approximate surface area is 91.5 Å². The van der Waals surface area contributed by atoms with Gasteiger partial charge in [-0.05, 0) is 49.5 Å². The summed E-state index contributed by atoms with van der Waals surface area (Å²) in [6.45, 7) is 5.71. The monoisotopic (exact) mass is 205 g/mol. The Morgan fingerprint density at radius 3 is 3.07 bits per heavy atom. The third-order valence-corrected chi connectivity index (χ3v) is 3.29. The van der Waals surface area contributed by atoms with Gasteiger partial charge in [-0.15, -0.1) is 0 Å².